The van der Waals surface area contributed by atoms with Crippen molar-refractivity contribution >= 4 is 22.4 Å². The van der Waals surface area contributed by atoms with Crippen LogP contribution in [-0.4, -0.2) is 47.3 Å². The Morgan fingerprint density at radius 2 is 1.69 bits per heavy atom. The largest absolute Gasteiger partial charge is 0.378 e. The molecule has 0 spiro atoms. The fourth-order valence-electron chi connectivity index (χ4n) is 4.20. The first-order valence-electron chi connectivity index (χ1n) is 11.2. The van der Waals surface area contributed by atoms with Crippen LogP contribution in [0.5, 0.6) is 0 Å². The minimum absolute atomic E-state index is 0.335. The van der Waals surface area contributed by atoms with Crippen LogP contribution in [0.15, 0.2) is 18.3 Å². The van der Waals surface area contributed by atoms with Crippen LogP contribution >= 0.6 is 0 Å². The molecule has 0 amide bonds. The highest BCUT2D eigenvalue weighted by Gasteiger charge is 2.26. The van der Waals surface area contributed by atoms with Gasteiger partial charge in [0.2, 0.25) is 0 Å². The number of rotatable bonds is 7. The van der Waals surface area contributed by atoms with E-state index in [1.165, 1.54) is 25.7 Å². The zero-order valence-electron chi connectivity index (χ0n) is 18.2. The first-order valence-corrected chi connectivity index (χ1v) is 11.2. The van der Waals surface area contributed by atoms with Gasteiger partial charge in [-0.1, -0.05) is 13.8 Å². The quantitative estimate of drug-likeness (QED) is 0.648. The number of hydrogen-bond donors (Lipinski definition) is 3. The van der Waals surface area contributed by atoms with Crippen molar-refractivity contribution in [3.05, 3.63) is 24.0 Å². The van der Waals surface area contributed by atoms with E-state index in [9.17, 15) is 0 Å². The van der Waals surface area contributed by atoms with Crippen molar-refractivity contribution in [1.82, 2.24) is 15.3 Å². The smallest absolute Gasteiger partial charge is 0.134 e. The molecule has 2 aliphatic rings. The van der Waals surface area contributed by atoms with Gasteiger partial charge in [-0.2, -0.15) is 0 Å². The van der Waals surface area contributed by atoms with Crippen molar-refractivity contribution in [2.75, 3.05) is 23.8 Å². The molecule has 4 rings (SSSR count). The molecule has 1 aliphatic heterocycles. The summed E-state index contributed by atoms with van der Waals surface area (Å²) in [6.07, 6.45) is 6.75. The molecular weight excluding hydrogens is 362 g/mol. The topological polar surface area (TPSA) is 71.1 Å². The third-order valence-corrected chi connectivity index (χ3v) is 5.94. The number of nitrogens with one attached hydrogen (secondary N) is 3. The van der Waals surface area contributed by atoms with Crippen LogP contribution in [0.4, 0.5) is 11.6 Å². The minimum Gasteiger partial charge on any atom is -0.378 e. The number of fused-ring (bicyclic) bond motifs is 1. The molecule has 1 saturated heterocycles. The Morgan fingerprint density at radius 3 is 2.31 bits per heavy atom. The van der Waals surface area contributed by atoms with E-state index in [4.69, 9.17) is 14.7 Å². The van der Waals surface area contributed by atoms with Crippen molar-refractivity contribution in [3.63, 3.8) is 0 Å². The fraction of sp³-hybridized carbons (Fsp3) is 0.652. The predicted octanol–water partition coefficient (Wildman–Crippen LogP) is 4.29. The summed E-state index contributed by atoms with van der Waals surface area (Å²) >= 11 is 0. The maximum absolute atomic E-state index is 5.27. The van der Waals surface area contributed by atoms with E-state index in [2.05, 4.69) is 55.8 Å². The molecule has 3 heterocycles. The first-order chi connectivity index (χ1) is 14.0. The average molecular weight is 398 g/mol. The maximum atomic E-state index is 5.27. The van der Waals surface area contributed by atoms with Crippen molar-refractivity contribution in [2.45, 2.75) is 83.5 Å². The van der Waals surface area contributed by atoms with E-state index in [1.54, 1.807) is 0 Å². The molecule has 6 heteroatoms. The third kappa shape index (κ3) is 4.98. The lowest BCUT2D eigenvalue weighted by Crippen LogP contribution is -2.51. The number of pyridine rings is 2. The van der Waals surface area contributed by atoms with Crippen molar-refractivity contribution in [1.29, 1.82) is 0 Å². The van der Waals surface area contributed by atoms with E-state index in [1.807, 2.05) is 6.20 Å². The summed E-state index contributed by atoms with van der Waals surface area (Å²) in [6, 6.07) is 6.35. The average Bonchev–Trinajstić information content (AvgIpc) is 2.65. The molecule has 0 atom stereocenters. The maximum Gasteiger partial charge on any atom is 0.134 e. The van der Waals surface area contributed by atoms with Crippen LogP contribution < -0.4 is 16.0 Å². The zero-order valence-corrected chi connectivity index (χ0v) is 18.2. The Labute approximate surface area is 174 Å². The lowest BCUT2D eigenvalue weighted by Gasteiger charge is -2.35. The summed E-state index contributed by atoms with van der Waals surface area (Å²) in [6.45, 7) is 10.4. The molecule has 158 valence electrons. The SMILES string of the molecule is CC(C)Nc1nc(C(C)C)cc2cnc(NC3CCC(NC4COC4)CC3)cc12. The Morgan fingerprint density at radius 1 is 0.966 bits per heavy atom. The van der Waals surface area contributed by atoms with Crippen LogP contribution in [-0.2, 0) is 4.74 Å². The molecule has 0 aromatic carbocycles. The summed E-state index contributed by atoms with van der Waals surface area (Å²) in [7, 11) is 0. The molecule has 0 radical (unpaired) electrons. The second-order valence-corrected chi connectivity index (χ2v) is 9.23. The Kier molecular flexibility index (Phi) is 6.20. The highest BCUT2D eigenvalue weighted by molar-refractivity contribution is 5.93. The van der Waals surface area contributed by atoms with Crippen molar-refractivity contribution < 1.29 is 4.74 Å². The molecule has 2 fully saturated rings. The van der Waals surface area contributed by atoms with Gasteiger partial charge in [0.25, 0.3) is 0 Å². The van der Waals surface area contributed by atoms with Crippen molar-refractivity contribution in [2.24, 2.45) is 0 Å². The minimum atomic E-state index is 0.335. The molecule has 1 saturated carbocycles. The lowest BCUT2D eigenvalue weighted by molar-refractivity contribution is -0.0120. The zero-order chi connectivity index (χ0) is 20.4. The van der Waals surface area contributed by atoms with Crippen LogP contribution in [0.2, 0.25) is 0 Å². The molecule has 0 unspecified atom stereocenters. The normalized spacial score (nSPS) is 22.8. The van der Waals surface area contributed by atoms with Gasteiger partial charge >= 0.3 is 0 Å². The van der Waals surface area contributed by atoms with E-state index >= 15 is 0 Å². The Hall–Kier alpha value is -1.92. The summed E-state index contributed by atoms with van der Waals surface area (Å²) in [4.78, 5) is 9.61. The highest BCUT2D eigenvalue weighted by atomic mass is 16.5. The van der Waals surface area contributed by atoms with Crippen molar-refractivity contribution in [3.8, 4) is 0 Å². The van der Waals surface area contributed by atoms with Crippen LogP contribution in [0.3, 0.4) is 0 Å². The molecule has 2 aromatic rings. The van der Waals surface area contributed by atoms with Gasteiger partial charge in [0.1, 0.15) is 11.6 Å². The second kappa shape index (κ2) is 8.84. The summed E-state index contributed by atoms with van der Waals surface area (Å²) in [5.74, 6) is 2.30. The van der Waals surface area contributed by atoms with Gasteiger partial charge in [0.15, 0.2) is 0 Å². The van der Waals surface area contributed by atoms with Gasteiger partial charge < -0.3 is 20.7 Å². The third-order valence-electron chi connectivity index (χ3n) is 5.94. The number of hydrogen-bond acceptors (Lipinski definition) is 6. The molecule has 29 heavy (non-hydrogen) atoms. The highest BCUT2D eigenvalue weighted by Crippen LogP contribution is 2.29. The van der Waals surface area contributed by atoms with Gasteiger partial charge in [-0.05, 0) is 57.6 Å². The van der Waals surface area contributed by atoms with Gasteiger partial charge in [0.05, 0.1) is 19.3 Å². The molecule has 1 aliphatic carbocycles. The molecule has 2 aromatic heterocycles. The monoisotopic (exact) mass is 397 g/mol. The predicted molar refractivity (Wildman–Crippen MR) is 120 cm³/mol. The summed E-state index contributed by atoms with van der Waals surface area (Å²) in [5.41, 5.74) is 1.10. The van der Waals surface area contributed by atoms with Gasteiger partial charge in [-0.25, -0.2) is 9.97 Å². The number of nitrogens with zero attached hydrogens (tertiary/aromatic N) is 2. The first kappa shape index (κ1) is 20.4. The molecular formula is C23H35N5O. The van der Waals surface area contributed by atoms with E-state index in [0.717, 1.165) is 41.3 Å². The van der Waals surface area contributed by atoms with Gasteiger partial charge in [0, 0.05) is 40.8 Å². The van der Waals surface area contributed by atoms with E-state index in [0.29, 0.717) is 30.1 Å². The standard InChI is InChI=1S/C23H35N5O/c1-14(2)21-9-16-11-24-22(10-20(16)23(28-21)25-15(3)4)27-18-7-5-17(6-8-18)26-19-12-29-13-19/h9-11,14-15,17-19,26H,5-8,12-13H2,1-4H3,(H,24,27)(H,25,28). The van der Waals surface area contributed by atoms with E-state index < -0.39 is 0 Å². The lowest BCUT2D eigenvalue weighted by atomic mass is 9.90. The van der Waals surface area contributed by atoms with Crippen LogP contribution in [0.1, 0.15) is 65.0 Å². The van der Waals surface area contributed by atoms with Gasteiger partial charge in [-0.15, -0.1) is 0 Å². The summed E-state index contributed by atoms with van der Waals surface area (Å²) in [5, 5.41) is 13.2. The summed E-state index contributed by atoms with van der Waals surface area (Å²) < 4.78 is 5.27. The second-order valence-electron chi connectivity index (χ2n) is 9.23. The Balaban J connectivity index is 1.46. The fourth-order valence-corrected chi connectivity index (χ4v) is 4.20. The molecule has 0 bridgehead atoms. The Bertz CT molecular complexity index is 825. The van der Waals surface area contributed by atoms with Crippen LogP contribution in [0.25, 0.3) is 10.8 Å². The molecule has 3 N–H and O–H groups in total. The van der Waals surface area contributed by atoms with Gasteiger partial charge in [-0.3, -0.25) is 0 Å². The number of anilines is 2. The molecule has 6 nitrogen and oxygen atoms in total. The van der Waals surface area contributed by atoms with E-state index in [-0.39, 0.29) is 0 Å². The number of aromatic nitrogens is 2. The number of ether oxygens (including phenoxy) is 1. The van der Waals surface area contributed by atoms with Crippen LogP contribution in [0, 0.1) is 0 Å².